The van der Waals surface area contributed by atoms with Gasteiger partial charge in [-0.25, -0.2) is 4.79 Å². The molecule has 1 atom stereocenters. The molecule has 0 radical (unpaired) electrons. The fourth-order valence-corrected chi connectivity index (χ4v) is 3.87. The van der Waals surface area contributed by atoms with Gasteiger partial charge in [0.15, 0.2) is 0 Å². The first kappa shape index (κ1) is 22.5. The van der Waals surface area contributed by atoms with E-state index in [4.69, 9.17) is 11.6 Å². The summed E-state index contributed by atoms with van der Waals surface area (Å²) in [6.07, 6.45) is 21.7. The van der Waals surface area contributed by atoms with E-state index >= 15 is 0 Å². The molecule has 0 aliphatic heterocycles. The van der Waals surface area contributed by atoms with Crippen LogP contribution in [-0.4, -0.2) is 13.1 Å². The predicted octanol–water partition coefficient (Wildman–Crippen LogP) is 7.54. The van der Waals surface area contributed by atoms with E-state index in [1.165, 1.54) is 103 Å². The van der Waals surface area contributed by atoms with E-state index in [-0.39, 0.29) is 5.97 Å². The van der Waals surface area contributed by atoms with E-state index in [1.807, 2.05) is 0 Å². The number of ether oxygens (including phenoxy) is 1. The SMILES string of the molecule is CCCCCCCCCCCCCCCCC1CC1=C(Cl)C(=O)OC. The van der Waals surface area contributed by atoms with Gasteiger partial charge in [-0.2, -0.15) is 0 Å². The average Bonchev–Trinajstić information content (AvgIpc) is 3.40. The highest BCUT2D eigenvalue weighted by atomic mass is 35.5. The number of carbonyl (C=O) groups excluding carboxylic acids is 1. The lowest BCUT2D eigenvalue weighted by Gasteiger charge is -2.03. The maximum Gasteiger partial charge on any atom is 0.349 e. The second-order valence-electron chi connectivity index (χ2n) is 7.62. The number of methoxy groups -OCH3 is 1. The summed E-state index contributed by atoms with van der Waals surface area (Å²) < 4.78 is 4.66. The third-order valence-corrected chi connectivity index (χ3v) is 5.75. The summed E-state index contributed by atoms with van der Waals surface area (Å²) in [4.78, 5) is 11.3. The molecule has 0 aromatic carbocycles. The van der Waals surface area contributed by atoms with Crippen molar-refractivity contribution in [3.63, 3.8) is 0 Å². The topological polar surface area (TPSA) is 26.3 Å². The summed E-state index contributed by atoms with van der Waals surface area (Å²) >= 11 is 5.99. The van der Waals surface area contributed by atoms with Crippen molar-refractivity contribution in [2.24, 2.45) is 5.92 Å². The second kappa shape index (κ2) is 14.6. The molecule has 0 bridgehead atoms. The first-order valence-electron chi connectivity index (χ1n) is 10.7. The lowest BCUT2D eigenvalue weighted by Crippen LogP contribution is -1.99. The number of esters is 1. The highest BCUT2D eigenvalue weighted by Crippen LogP contribution is 2.45. The molecular weight excluding hydrogens is 332 g/mol. The maximum absolute atomic E-state index is 11.3. The first-order valence-corrected chi connectivity index (χ1v) is 11.0. The molecule has 1 fully saturated rings. The van der Waals surface area contributed by atoms with Crippen LogP contribution < -0.4 is 0 Å². The molecule has 0 aromatic heterocycles. The molecule has 25 heavy (non-hydrogen) atoms. The normalized spacial score (nSPS) is 18.3. The highest BCUT2D eigenvalue weighted by molar-refractivity contribution is 6.41. The molecule has 0 saturated heterocycles. The van der Waals surface area contributed by atoms with Gasteiger partial charge in [0.05, 0.1) is 7.11 Å². The Balaban J connectivity index is 1.81. The van der Waals surface area contributed by atoms with Gasteiger partial charge in [-0.3, -0.25) is 0 Å². The highest BCUT2D eigenvalue weighted by Gasteiger charge is 2.34. The fraction of sp³-hybridized carbons (Fsp3) is 0.864. The minimum atomic E-state index is -0.375. The molecular formula is C22H39ClO2. The monoisotopic (exact) mass is 370 g/mol. The predicted molar refractivity (Wildman–Crippen MR) is 108 cm³/mol. The second-order valence-corrected chi connectivity index (χ2v) is 7.99. The molecule has 1 rings (SSSR count). The summed E-state index contributed by atoms with van der Waals surface area (Å²) in [7, 11) is 1.39. The number of carbonyl (C=O) groups is 1. The number of allylic oxidation sites excluding steroid dienone is 1. The van der Waals surface area contributed by atoms with Crippen molar-refractivity contribution in [1.29, 1.82) is 0 Å². The van der Waals surface area contributed by atoms with Gasteiger partial charge in [0.25, 0.3) is 0 Å². The molecule has 0 amide bonds. The molecule has 0 N–H and O–H groups in total. The van der Waals surface area contributed by atoms with E-state index in [9.17, 15) is 4.79 Å². The molecule has 0 aromatic rings. The smallest absolute Gasteiger partial charge is 0.349 e. The molecule has 1 aliphatic rings. The zero-order valence-corrected chi connectivity index (χ0v) is 17.3. The van der Waals surface area contributed by atoms with Gasteiger partial charge in [0.2, 0.25) is 0 Å². The Morgan fingerprint density at radius 1 is 0.880 bits per heavy atom. The van der Waals surface area contributed by atoms with Gasteiger partial charge in [-0.15, -0.1) is 0 Å². The van der Waals surface area contributed by atoms with Crippen LogP contribution in [0, 0.1) is 5.92 Å². The minimum absolute atomic E-state index is 0.331. The largest absolute Gasteiger partial charge is 0.465 e. The Morgan fingerprint density at radius 3 is 1.76 bits per heavy atom. The summed E-state index contributed by atoms with van der Waals surface area (Å²) in [6, 6.07) is 0. The fourth-order valence-electron chi connectivity index (χ4n) is 3.56. The van der Waals surface area contributed by atoms with Crippen LogP contribution in [0.4, 0.5) is 0 Å². The number of unbranched alkanes of at least 4 members (excludes halogenated alkanes) is 13. The van der Waals surface area contributed by atoms with Gasteiger partial charge in [0.1, 0.15) is 5.03 Å². The average molecular weight is 371 g/mol. The van der Waals surface area contributed by atoms with Crippen LogP contribution in [0.25, 0.3) is 0 Å². The summed E-state index contributed by atoms with van der Waals surface area (Å²) in [5, 5.41) is 0.331. The molecule has 0 spiro atoms. The molecule has 0 heterocycles. The maximum atomic E-state index is 11.3. The van der Waals surface area contributed by atoms with Crippen LogP contribution in [0.5, 0.6) is 0 Å². The zero-order chi connectivity index (χ0) is 18.3. The summed E-state index contributed by atoms with van der Waals surface area (Å²) in [6.45, 7) is 2.28. The van der Waals surface area contributed by atoms with Crippen molar-refractivity contribution < 1.29 is 9.53 Å². The third-order valence-electron chi connectivity index (χ3n) is 5.35. The first-order chi connectivity index (χ1) is 12.2. The lowest BCUT2D eigenvalue weighted by molar-refractivity contribution is -0.135. The van der Waals surface area contributed by atoms with E-state index in [0.29, 0.717) is 11.0 Å². The Labute approximate surface area is 160 Å². The van der Waals surface area contributed by atoms with Gasteiger partial charge in [-0.05, 0) is 24.3 Å². The molecule has 146 valence electrons. The van der Waals surface area contributed by atoms with Gasteiger partial charge in [-0.1, -0.05) is 108 Å². The Morgan fingerprint density at radius 2 is 1.32 bits per heavy atom. The molecule has 1 saturated carbocycles. The van der Waals surface area contributed by atoms with Crippen molar-refractivity contribution >= 4 is 17.6 Å². The quantitative estimate of drug-likeness (QED) is 0.159. The number of hydrogen-bond acceptors (Lipinski definition) is 2. The van der Waals surface area contributed by atoms with Crippen molar-refractivity contribution in [3.05, 3.63) is 10.6 Å². The van der Waals surface area contributed by atoms with Crippen LogP contribution in [-0.2, 0) is 9.53 Å². The van der Waals surface area contributed by atoms with E-state index in [0.717, 1.165) is 12.0 Å². The molecule has 1 unspecified atom stereocenters. The van der Waals surface area contributed by atoms with Gasteiger partial charge >= 0.3 is 5.97 Å². The van der Waals surface area contributed by atoms with Crippen molar-refractivity contribution in [1.82, 2.24) is 0 Å². The van der Waals surface area contributed by atoms with Gasteiger partial charge in [0, 0.05) is 0 Å². The van der Waals surface area contributed by atoms with Crippen LogP contribution in [0.3, 0.4) is 0 Å². The number of hydrogen-bond donors (Lipinski definition) is 0. The summed E-state index contributed by atoms with van der Waals surface area (Å²) in [5.41, 5.74) is 1.11. The van der Waals surface area contributed by atoms with Crippen LogP contribution in [0.15, 0.2) is 10.6 Å². The van der Waals surface area contributed by atoms with Crippen molar-refractivity contribution in [2.45, 2.75) is 110 Å². The van der Waals surface area contributed by atoms with Crippen LogP contribution >= 0.6 is 11.6 Å². The van der Waals surface area contributed by atoms with E-state index in [2.05, 4.69) is 11.7 Å². The Kier molecular flexibility index (Phi) is 13.2. The van der Waals surface area contributed by atoms with E-state index < -0.39 is 0 Å². The number of halogens is 1. The van der Waals surface area contributed by atoms with Crippen LogP contribution in [0.2, 0.25) is 0 Å². The Bertz CT molecular complexity index is 389. The molecule has 3 heteroatoms. The zero-order valence-electron chi connectivity index (χ0n) is 16.6. The van der Waals surface area contributed by atoms with E-state index in [1.54, 1.807) is 0 Å². The summed E-state index contributed by atoms with van der Waals surface area (Å²) in [5.74, 6) is 0.170. The van der Waals surface area contributed by atoms with Crippen molar-refractivity contribution in [3.8, 4) is 0 Å². The van der Waals surface area contributed by atoms with Gasteiger partial charge < -0.3 is 4.74 Å². The van der Waals surface area contributed by atoms with Crippen LogP contribution in [0.1, 0.15) is 110 Å². The van der Waals surface area contributed by atoms with Crippen molar-refractivity contribution in [2.75, 3.05) is 7.11 Å². The third kappa shape index (κ3) is 10.9. The lowest BCUT2D eigenvalue weighted by atomic mass is 10.0. The Hall–Kier alpha value is -0.500. The molecule has 2 nitrogen and oxygen atoms in total. The standard InChI is InChI=1S/C22H39ClO2/c1-3-4-5-6-7-8-9-10-11-12-13-14-15-16-17-19-18-20(19)21(23)22(24)25-2/h19H,3-18H2,1-2H3. The minimum Gasteiger partial charge on any atom is -0.465 e. The number of rotatable bonds is 16. The molecule has 1 aliphatic carbocycles.